The van der Waals surface area contributed by atoms with Gasteiger partial charge >= 0.3 is 12.3 Å². The number of carbonyl (C=O) groups excluding carboxylic acids is 3. The summed E-state index contributed by atoms with van der Waals surface area (Å²) < 4.78 is 42.1. The van der Waals surface area contributed by atoms with Gasteiger partial charge in [-0.25, -0.2) is 4.79 Å². The van der Waals surface area contributed by atoms with Crippen molar-refractivity contribution in [3.8, 4) is 0 Å². The van der Waals surface area contributed by atoms with E-state index in [-0.39, 0.29) is 22.1 Å². The third-order valence-electron chi connectivity index (χ3n) is 3.04. The van der Waals surface area contributed by atoms with E-state index >= 15 is 0 Å². The summed E-state index contributed by atoms with van der Waals surface area (Å²) >= 11 is 6.05. The first-order chi connectivity index (χ1) is 12.2. The fourth-order valence-corrected chi connectivity index (χ4v) is 2.05. The van der Waals surface area contributed by atoms with Crippen LogP contribution in [0.25, 0.3) is 0 Å². The Bertz CT molecular complexity index is 730. The average molecular weight is 409 g/mol. The largest absolute Gasteiger partial charge is 0.442 e. The van der Waals surface area contributed by atoms with Crippen LogP contribution in [0.3, 0.4) is 0 Å². The second-order valence-electron chi connectivity index (χ2n) is 6.69. The van der Waals surface area contributed by atoms with Crippen molar-refractivity contribution >= 4 is 35.1 Å². The summed E-state index contributed by atoms with van der Waals surface area (Å²) in [6, 6.07) is 3.97. The number of rotatable bonds is 4. The lowest BCUT2D eigenvalue weighted by atomic mass is 10.1. The number of alkyl halides is 3. The van der Waals surface area contributed by atoms with Crippen LogP contribution in [0.2, 0.25) is 5.02 Å². The number of hydrazine groups is 1. The van der Waals surface area contributed by atoms with Gasteiger partial charge in [0.1, 0.15) is 5.60 Å². The maximum atomic E-state index is 12.5. The van der Waals surface area contributed by atoms with Crippen molar-refractivity contribution in [2.45, 2.75) is 52.3 Å². The summed E-state index contributed by atoms with van der Waals surface area (Å²) in [5.41, 5.74) is 1.20. The zero-order chi connectivity index (χ0) is 21.0. The Morgan fingerprint density at radius 3 is 2.26 bits per heavy atom. The van der Waals surface area contributed by atoms with E-state index in [9.17, 15) is 27.6 Å². The first kappa shape index (κ1) is 22.8. The predicted octanol–water partition coefficient (Wildman–Crippen LogP) is 4.66. The molecule has 1 aromatic carbocycles. The molecule has 1 rings (SSSR count). The van der Waals surface area contributed by atoms with Gasteiger partial charge in [-0.15, -0.1) is 0 Å². The Morgan fingerprint density at radius 2 is 1.78 bits per heavy atom. The van der Waals surface area contributed by atoms with Crippen molar-refractivity contribution < 1.29 is 32.3 Å². The summed E-state index contributed by atoms with van der Waals surface area (Å²) in [6.45, 7) is 6.00. The molecule has 0 fully saturated rings. The zero-order valence-corrected chi connectivity index (χ0v) is 16.0. The van der Waals surface area contributed by atoms with E-state index in [1.165, 1.54) is 25.1 Å². The second-order valence-corrected chi connectivity index (χ2v) is 7.10. The van der Waals surface area contributed by atoms with Crippen LogP contribution in [-0.2, 0) is 9.53 Å². The van der Waals surface area contributed by atoms with Crippen molar-refractivity contribution in [3.05, 3.63) is 28.8 Å². The van der Waals surface area contributed by atoms with E-state index in [4.69, 9.17) is 16.3 Å². The topological polar surface area (TPSA) is 75.7 Å². The molecule has 0 unspecified atom stereocenters. The highest BCUT2D eigenvalue weighted by Gasteiger charge is 2.31. The molecule has 0 saturated carbocycles. The molecule has 150 valence electrons. The van der Waals surface area contributed by atoms with E-state index < -0.39 is 36.6 Å². The predicted molar refractivity (Wildman–Crippen MR) is 93.6 cm³/mol. The lowest BCUT2D eigenvalue weighted by molar-refractivity contribution is -0.144. The van der Waals surface area contributed by atoms with Crippen molar-refractivity contribution in [2.24, 2.45) is 0 Å². The van der Waals surface area contributed by atoms with Gasteiger partial charge in [-0.1, -0.05) is 11.6 Å². The van der Waals surface area contributed by atoms with Gasteiger partial charge in [-0.3, -0.25) is 15.0 Å². The van der Waals surface area contributed by atoms with Gasteiger partial charge < -0.3 is 4.74 Å². The molecule has 0 bridgehead atoms. The van der Waals surface area contributed by atoms with Crippen molar-refractivity contribution in [1.82, 2.24) is 5.43 Å². The number of halogens is 4. The van der Waals surface area contributed by atoms with E-state index in [0.717, 1.165) is 0 Å². The normalized spacial score (nSPS) is 11.7. The number of hydrogen-bond acceptors (Lipinski definition) is 4. The molecule has 0 heterocycles. The van der Waals surface area contributed by atoms with Crippen LogP contribution < -0.4 is 10.4 Å². The van der Waals surface area contributed by atoms with E-state index in [1.54, 1.807) is 20.8 Å². The van der Waals surface area contributed by atoms with Gasteiger partial charge in [-0.2, -0.15) is 18.2 Å². The van der Waals surface area contributed by atoms with Crippen LogP contribution in [0.15, 0.2) is 18.2 Å². The Labute approximate surface area is 159 Å². The van der Waals surface area contributed by atoms with Crippen LogP contribution in [-0.4, -0.2) is 29.6 Å². The molecule has 27 heavy (non-hydrogen) atoms. The van der Waals surface area contributed by atoms with Gasteiger partial charge in [0.15, 0.2) is 5.78 Å². The molecule has 1 N–H and O–H groups in total. The number of benzene rings is 1. The standard InChI is InChI=1S/C17H20ClF3N2O4/c1-10(24)11-5-6-12(18)13(9-11)23(15(26)27-16(2,3)4)22-14(25)7-8-17(19,20)21/h5-6,9H,7-8H2,1-4H3,(H,22,25). The fourth-order valence-electron chi connectivity index (χ4n) is 1.85. The molecule has 0 aliphatic carbocycles. The number of Topliss-reactive ketones (excluding diaryl/α,β-unsaturated/α-hetero) is 1. The molecule has 1 aromatic rings. The Kier molecular flexibility index (Phi) is 7.25. The quantitative estimate of drug-likeness (QED) is 0.580. The number of nitrogens with zero attached hydrogens (tertiary/aromatic N) is 1. The highest BCUT2D eigenvalue weighted by atomic mass is 35.5. The SMILES string of the molecule is CC(=O)c1ccc(Cl)c(N(NC(=O)CCC(F)(F)F)C(=O)OC(C)(C)C)c1. The molecule has 0 aliphatic heterocycles. The molecule has 0 saturated heterocycles. The minimum Gasteiger partial charge on any atom is -0.442 e. The van der Waals surface area contributed by atoms with Crippen molar-refractivity contribution in [3.63, 3.8) is 0 Å². The molecule has 6 nitrogen and oxygen atoms in total. The number of ketones is 1. The summed E-state index contributed by atoms with van der Waals surface area (Å²) in [4.78, 5) is 35.9. The number of anilines is 1. The van der Waals surface area contributed by atoms with Crippen LogP contribution in [0.1, 0.15) is 50.9 Å². The maximum absolute atomic E-state index is 12.5. The smallest absolute Gasteiger partial charge is 0.434 e. The summed E-state index contributed by atoms with van der Waals surface area (Å²) in [5.74, 6) is -1.40. The molecule has 0 radical (unpaired) electrons. The van der Waals surface area contributed by atoms with Crippen molar-refractivity contribution in [2.75, 3.05) is 5.01 Å². The summed E-state index contributed by atoms with van der Waals surface area (Å²) in [7, 11) is 0. The van der Waals surface area contributed by atoms with E-state index in [2.05, 4.69) is 5.43 Å². The molecule has 0 atom stereocenters. The third-order valence-corrected chi connectivity index (χ3v) is 3.36. The Hall–Kier alpha value is -2.29. The van der Waals surface area contributed by atoms with Crippen LogP contribution in [0, 0.1) is 0 Å². The lowest BCUT2D eigenvalue weighted by Gasteiger charge is -2.28. The monoisotopic (exact) mass is 408 g/mol. The second kappa shape index (κ2) is 8.60. The Balaban J connectivity index is 3.19. The van der Waals surface area contributed by atoms with Crippen LogP contribution in [0.4, 0.5) is 23.7 Å². The molecular weight excluding hydrogens is 389 g/mol. The molecule has 0 aliphatic rings. The van der Waals surface area contributed by atoms with Crippen molar-refractivity contribution in [1.29, 1.82) is 0 Å². The zero-order valence-electron chi connectivity index (χ0n) is 15.2. The summed E-state index contributed by atoms with van der Waals surface area (Å²) in [6.07, 6.45) is -7.85. The Morgan fingerprint density at radius 1 is 1.19 bits per heavy atom. The number of amides is 2. The third kappa shape index (κ3) is 7.86. The molecule has 2 amide bonds. The van der Waals surface area contributed by atoms with Gasteiger partial charge in [0.05, 0.1) is 17.1 Å². The summed E-state index contributed by atoms with van der Waals surface area (Å²) in [5, 5.41) is 0.584. The number of hydrogen-bond donors (Lipinski definition) is 1. The minimum atomic E-state index is -4.53. The fraction of sp³-hybridized carbons (Fsp3) is 0.471. The molecular formula is C17H20ClF3N2O4. The van der Waals surface area contributed by atoms with Crippen LogP contribution >= 0.6 is 11.6 Å². The van der Waals surface area contributed by atoms with Crippen LogP contribution in [0.5, 0.6) is 0 Å². The first-order valence-electron chi connectivity index (χ1n) is 7.89. The number of nitrogens with one attached hydrogen (secondary N) is 1. The van der Waals surface area contributed by atoms with E-state index in [0.29, 0.717) is 5.01 Å². The lowest BCUT2D eigenvalue weighted by Crippen LogP contribution is -2.49. The number of carbonyl (C=O) groups is 3. The van der Waals surface area contributed by atoms with Gasteiger partial charge in [-0.05, 0) is 45.9 Å². The minimum absolute atomic E-state index is 0.0121. The average Bonchev–Trinajstić information content (AvgIpc) is 2.48. The molecule has 0 aromatic heterocycles. The van der Waals surface area contributed by atoms with Gasteiger partial charge in [0.25, 0.3) is 0 Å². The molecule has 0 spiro atoms. The highest BCUT2D eigenvalue weighted by molar-refractivity contribution is 6.34. The maximum Gasteiger partial charge on any atom is 0.434 e. The van der Waals surface area contributed by atoms with Gasteiger partial charge in [0.2, 0.25) is 5.91 Å². The van der Waals surface area contributed by atoms with Gasteiger partial charge in [0, 0.05) is 12.0 Å². The number of ether oxygens (including phenoxy) is 1. The molecule has 10 heteroatoms. The first-order valence-corrected chi connectivity index (χ1v) is 8.27. The van der Waals surface area contributed by atoms with E-state index in [1.807, 2.05) is 0 Å². The highest BCUT2D eigenvalue weighted by Crippen LogP contribution is 2.28.